The Hall–Kier alpha value is -1.46. The number of hydrogen-bond acceptors (Lipinski definition) is 3. The molecule has 0 aliphatic carbocycles. The number of halogens is 3. The maximum atomic E-state index is 5.87. The molecule has 7 heteroatoms. The molecule has 0 fully saturated rings. The second-order valence-corrected chi connectivity index (χ2v) is 5.45. The van der Waals surface area contributed by atoms with Gasteiger partial charge in [0.05, 0.1) is 17.6 Å². The largest absolute Gasteiger partial charge is 0.492 e. The predicted molar refractivity (Wildman–Crippen MR) is 104 cm³/mol. The van der Waals surface area contributed by atoms with Crippen LogP contribution >= 0.6 is 36.4 Å². The first kappa shape index (κ1) is 20.6. The van der Waals surface area contributed by atoms with Gasteiger partial charge in [0.2, 0.25) is 0 Å². The Morgan fingerprint density at radius 2 is 1.75 bits per heavy atom. The molecule has 3 aromatic rings. The van der Waals surface area contributed by atoms with E-state index >= 15 is 0 Å². The van der Waals surface area contributed by atoms with E-state index in [4.69, 9.17) is 22.1 Å². The Balaban J connectivity index is 0.00000144. The quantitative estimate of drug-likeness (QED) is 0.691. The van der Waals surface area contributed by atoms with Crippen LogP contribution in [0.15, 0.2) is 48.5 Å². The lowest BCUT2D eigenvalue weighted by Gasteiger charge is -2.10. The van der Waals surface area contributed by atoms with Crippen LogP contribution in [-0.2, 0) is 13.0 Å². The number of para-hydroxylation sites is 2. The maximum absolute atomic E-state index is 5.87. The van der Waals surface area contributed by atoms with Crippen molar-refractivity contribution < 1.29 is 4.74 Å². The summed E-state index contributed by atoms with van der Waals surface area (Å²) in [6.45, 7) is 1.89. The highest BCUT2D eigenvalue weighted by atomic mass is 35.5. The van der Waals surface area contributed by atoms with Gasteiger partial charge in [-0.2, -0.15) is 0 Å². The normalized spacial score (nSPS) is 10.1. The van der Waals surface area contributed by atoms with Crippen molar-refractivity contribution in [3.8, 4) is 5.75 Å². The molecule has 1 heterocycles. The fourth-order valence-electron chi connectivity index (χ4n) is 2.48. The molecular weight excluding hydrogens is 369 g/mol. The summed E-state index contributed by atoms with van der Waals surface area (Å²) in [6.07, 6.45) is 0.760. The van der Waals surface area contributed by atoms with Gasteiger partial charge in [-0.05, 0) is 42.9 Å². The minimum Gasteiger partial charge on any atom is -0.492 e. The number of nitrogens with zero attached hydrogens (tertiary/aromatic N) is 2. The number of nitrogens with two attached hydrogens (primary N) is 1. The number of aromatic nitrogens is 2. The molecule has 24 heavy (non-hydrogen) atoms. The molecule has 0 saturated heterocycles. The van der Waals surface area contributed by atoms with Crippen LogP contribution in [0.1, 0.15) is 5.82 Å². The number of benzene rings is 2. The fourth-order valence-corrected chi connectivity index (χ4v) is 2.61. The third-order valence-electron chi connectivity index (χ3n) is 3.50. The third kappa shape index (κ3) is 4.77. The van der Waals surface area contributed by atoms with Crippen LogP contribution in [0, 0.1) is 0 Å². The molecule has 3 rings (SSSR count). The molecule has 2 aromatic carbocycles. The second kappa shape index (κ2) is 9.74. The van der Waals surface area contributed by atoms with E-state index in [0.717, 1.165) is 35.6 Å². The van der Waals surface area contributed by atoms with E-state index in [1.807, 2.05) is 42.5 Å². The lowest BCUT2D eigenvalue weighted by molar-refractivity contribution is 0.298. The van der Waals surface area contributed by atoms with Gasteiger partial charge in [0.25, 0.3) is 0 Å². The molecular formula is C17H20Cl3N3O. The highest BCUT2D eigenvalue weighted by molar-refractivity contribution is 6.30. The summed E-state index contributed by atoms with van der Waals surface area (Å²) in [5.74, 6) is 1.82. The molecule has 0 radical (unpaired) electrons. The summed E-state index contributed by atoms with van der Waals surface area (Å²) in [5.41, 5.74) is 7.80. The van der Waals surface area contributed by atoms with Gasteiger partial charge < -0.3 is 15.0 Å². The minimum atomic E-state index is 0. The molecule has 0 saturated carbocycles. The van der Waals surface area contributed by atoms with Crippen LogP contribution in [0.3, 0.4) is 0 Å². The molecule has 0 aliphatic heterocycles. The average Bonchev–Trinajstić information content (AvgIpc) is 2.88. The first-order valence-corrected chi connectivity index (χ1v) is 7.68. The zero-order valence-corrected chi connectivity index (χ0v) is 15.4. The Labute approximate surface area is 158 Å². The Morgan fingerprint density at radius 1 is 1.04 bits per heavy atom. The first-order valence-electron chi connectivity index (χ1n) is 7.30. The molecule has 0 unspecified atom stereocenters. The van der Waals surface area contributed by atoms with Crippen molar-refractivity contribution in [1.29, 1.82) is 0 Å². The summed E-state index contributed by atoms with van der Waals surface area (Å²) in [6, 6.07) is 15.5. The Kier molecular flexibility index (Phi) is 8.36. The van der Waals surface area contributed by atoms with Crippen LogP contribution in [-0.4, -0.2) is 22.7 Å². The van der Waals surface area contributed by atoms with Crippen LogP contribution in [0.2, 0.25) is 5.02 Å². The smallest absolute Gasteiger partial charge is 0.119 e. The van der Waals surface area contributed by atoms with Gasteiger partial charge >= 0.3 is 0 Å². The molecule has 2 N–H and O–H groups in total. The number of rotatable bonds is 6. The summed E-state index contributed by atoms with van der Waals surface area (Å²) < 4.78 is 7.96. The second-order valence-electron chi connectivity index (χ2n) is 5.01. The molecule has 0 amide bonds. The molecule has 4 nitrogen and oxygen atoms in total. The van der Waals surface area contributed by atoms with Gasteiger partial charge in [-0.25, -0.2) is 4.98 Å². The van der Waals surface area contributed by atoms with Crippen molar-refractivity contribution in [3.05, 3.63) is 59.4 Å². The monoisotopic (exact) mass is 387 g/mol. The summed E-state index contributed by atoms with van der Waals surface area (Å²) >= 11 is 5.87. The highest BCUT2D eigenvalue weighted by Crippen LogP contribution is 2.18. The van der Waals surface area contributed by atoms with Gasteiger partial charge in [0.15, 0.2) is 0 Å². The van der Waals surface area contributed by atoms with Crippen molar-refractivity contribution >= 4 is 47.4 Å². The zero-order valence-electron chi connectivity index (χ0n) is 13.0. The first-order chi connectivity index (χ1) is 10.8. The molecule has 0 bridgehead atoms. The Bertz CT molecular complexity index is 759. The summed E-state index contributed by atoms with van der Waals surface area (Å²) in [5, 5.41) is 0.707. The number of fused-ring (bicyclic) bond motifs is 1. The average molecular weight is 389 g/mol. The molecule has 0 aliphatic rings. The molecule has 0 atom stereocenters. The maximum Gasteiger partial charge on any atom is 0.119 e. The van der Waals surface area contributed by atoms with Gasteiger partial charge in [-0.15, -0.1) is 24.8 Å². The minimum absolute atomic E-state index is 0. The van der Waals surface area contributed by atoms with Crippen molar-refractivity contribution in [2.75, 3.05) is 13.2 Å². The van der Waals surface area contributed by atoms with Gasteiger partial charge in [0, 0.05) is 11.4 Å². The fraction of sp³-hybridized carbons (Fsp3) is 0.235. The standard InChI is InChI=1S/C17H18ClN3O.2ClH/c18-13-5-7-14(8-6-13)22-12-11-21-16-4-2-1-3-15(16)20-17(21)9-10-19;;/h1-8H,9-12,19H2;2*1H. The third-order valence-corrected chi connectivity index (χ3v) is 3.75. The lowest BCUT2D eigenvalue weighted by atomic mass is 10.3. The van der Waals surface area contributed by atoms with E-state index in [0.29, 0.717) is 18.2 Å². The van der Waals surface area contributed by atoms with Crippen molar-refractivity contribution in [2.45, 2.75) is 13.0 Å². The van der Waals surface area contributed by atoms with Gasteiger partial charge in [0.1, 0.15) is 18.2 Å². The topological polar surface area (TPSA) is 53.1 Å². The number of imidazole rings is 1. The van der Waals surface area contributed by atoms with E-state index < -0.39 is 0 Å². The van der Waals surface area contributed by atoms with Crippen LogP contribution < -0.4 is 10.5 Å². The highest BCUT2D eigenvalue weighted by Gasteiger charge is 2.09. The summed E-state index contributed by atoms with van der Waals surface area (Å²) in [4.78, 5) is 4.65. The van der Waals surface area contributed by atoms with E-state index in [-0.39, 0.29) is 24.8 Å². The van der Waals surface area contributed by atoms with E-state index in [1.54, 1.807) is 0 Å². The zero-order chi connectivity index (χ0) is 15.4. The van der Waals surface area contributed by atoms with Crippen LogP contribution in [0.4, 0.5) is 0 Å². The number of hydrogen-bond donors (Lipinski definition) is 1. The summed E-state index contributed by atoms with van der Waals surface area (Å²) in [7, 11) is 0. The van der Waals surface area contributed by atoms with E-state index in [1.165, 1.54) is 0 Å². The van der Waals surface area contributed by atoms with Crippen molar-refractivity contribution in [1.82, 2.24) is 9.55 Å². The van der Waals surface area contributed by atoms with E-state index in [9.17, 15) is 0 Å². The van der Waals surface area contributed by atoms with Crippen LogP contribution in [0.5, 0.6) is 5.75 Å². The van der Waals surface area contributed by atoms with Gasteiger partial charge in [-0.3, -0.25) is 0 Å². The molecule has 0 spiro atoms. The lowest BCUT2D eigenvalue weighted by Crippen LogP contribution is -2.14. The predicted octanol–water partition coefficient (Wildman–Crippen LogP) is 4.11. The SMILES string of the molecule is Cl.Cl.NCCc1nc2ccccc2n1CCOc1ccc(Cl)cc1. The van der Waals surface area contributed by atoms with Crippen molar-refractivity contribution in [2.24, 2.45) is 5.73 Å². The van der Waals surface area contributed by atoms with Gasteiger partial charge in [-0.1, -0.05) is 23.7 Å². The van der Waals surface area contributed by atoms with E-state index in [2.05, 4.69) is 15.6 Å². The van der Waals surface area contributed by atoms with Crippen molar-refractivity contribution in [3.63, 3.8) is 0 Å². The molecule has 130 valence electrons. The molecule has 1 aromatic heterocycles. The van der Waals surface area contributed by atoms with Crippen LogP contribution in [0.25, 0.3) is 11.0 Å². The number of ether oxygens (including phenoxy) is 1. The Morgan fingerprint density at radius 3 is 2.46 bits per heavy atom.